The van der Waals surface area contributed by atoms with Crippen molar-refractivity contribution < 1.29 is 4.79 Å². The normalized spacial score (nSPS) is 28.4. The zero-order valence-corrected chi connectivity index (χ0v) is 7.47. The largest absolute Gasteiger partial charge is 0.348 e. The smallest absolute Gasteiger partial charge is 0.243 e. The predicted octanol–water partition coefficient (Wildman–Crippen LogP) is 0.429. The first-order chi connectivity index (χ1) is 5.77. The lowest BCUT2D eigenvalue weighted by Crippen LogP contribution is -2.44. The molecular formula is C9H16N2O. The summed E-state index contributed by atoms with van der Waals surface area (Å²) in [6, 6.07) is 0.731. The standard InChI is InChI=1S/C9H16N2O/c1-3-9(12)11-8-6-4-5-7(8)10-2/h3,7-8,10H,1,4-6H2,2H3,(H,11,12)/t7-,8+/m1/s1. The Morgan fingerprint density at radius 2 is 2.17 bits per heavy atom. The first-order valence-corrected chi connectivity index (χ1v) is 4.38. The summed E-state index contributed by atoms with van der Waals surface area (Å²) >= 11 is 0. The minimum atomic E-state index is -0.0675. The van der Waals surface area contributed by atoms with Crippen LogP contribution < -0.4 is 10.6 Å². The summed E-state index contributed by atoms with van der Waals surface area (Å²) in [7, 11) is 1.93. The van der Waals surface area contributed by atoms with Crippen LogP contribution in [0.15, 0.2) is 12.7 Å². The molecule has 1 rings (SSSR count). The molecule has 0 aromatic heterocycles. The molecule has 3 heteroatoms. The van der Waals surface area contributed by atoms with Crippen LogP contribution in [0.1, 0.15) is 19.3 Å². The third-order valence-corrected chi connectivity index (χ3v) is 2.40. The summed E-state index contributed by atoms with van der Waals surface area (Å²) in [6.45, 7) is 3.42. The second-order valence-corrected chi connectivity index (χ2v) is 3.15. The van der Waals surface area contributed by atoms with Gasteiger partial charge < -0.3 is 10.6 Å². The Morgan fingerprint density at radius 3 is 2.75 bits per heavy atom. The van der Waals surface area contributed by atoms with E-state index in [9.17, 15) is 4.79 Å². The van der Waals surface area contributed by atoms with E-state index in [0.29, 0.717) is 12.1 Å². The molecule has 1 saturated carbocycles. The van der Waals surface area contributed by atoms with Crippen LogP contribution in [-0.4, -0.2) is 25.0 Å². The van der Waals surface area contributed by atoms with Crippen molar-refractivity contribution in [2.45, 2.75) is 31.3 Å². The number of nitrogens with one attached hydrogen (secondary N) is 2. The second kappa shape index (κ2) is 4.26. The third kappa shape index (κ3) is 2.08. The zero-order valence-electron chi connectivity index (χ0n) is 7.47. The summed E-state index contributed by atoms with van der Waals surface area (Å²) < 4.78 is 0. The summed E-state index contributed by atoms with van der Waals surface area (Å²) in [5, 5.41) is 6.10. The highest BCUT2D eigenvalue weighted by Gasteiger charge is 2.26. The minimum absolute atomic E-state index is 0.0675. The molecule has 0 aromatic rings. The third-order valence-electron chi connectivity index (χ3n) is 2.40. The van der Waals surface area contributed by atoms with Gasteiger partial charge >= 0.3 is 0 Å². The Labute approximate surface area is 73.2 Å². The Hall–Kier alpha value is -0.830. The fraction of sp³-hybridized carbons (Fsp3) is 0.667. The summed E-state index contributed by atoms with van der Waals surface area (Å²) in [5.74, 6) is -0.0675. The SMILES string of the molecule is C=CC(=O)N[C@H]1CCC[C@H]1NC. The summed E-state index contributed by atoms with van der Waals surface area (Å²) in [6.07, 6.45) is 4.74. The molecule has 0 aliphatic heterocycles. The highest BCUT2D eigenvalue weighted by Crippen LogP contribution is 2.18. The molecule has 1 fully saturated rings. The van der Waals surface area contributed by atoms with E-state index < -0.39 is 0 Å². The predicted molar refractivity (Wildman–Crippen MR) is 48.8 cm³/mol. The van der Waals surface area contributed by atoms with E-state index in [1.165, 1.54) is 12.5 Å². The molecule has 1 amide bonds. The average molecular weight is 168 g/mol. The first-order valence-electron chi connectivity index (χ1n) is 4.38. The van der Waals surface area contributed by atoms with Crippen LogP contribution in [0.3, 0.4) is 0 Å². The zero-order chi connectivity index (χ0) is 8.97. The lowest BCUT2D eigenvalue weighted by molar-refractivity contribution is -0.117. The van der Waals surface area contributed by atoms with Gasteiger partial charge in [0, 0.05) is 12.1 Å². The molecule has 12 heavy (non-hydrogen) atoms. The van der Waals surface area contributed by atoms with E-state index in [0.717, 1.165) is 12.8 Å². The van der Waals surface area contributed by atoms with Crippen LogP contribution in [0.25, 0.3) is 0 Å². The van der Waals surface area contributed by atoms with Gasteiger partial charge in [-0.15, -0.1) is 0 Å². The van der Waals surface area contributed by atoms with Crippen molar-refractivity contribution in [1.29, 1.82) is 0 Å². The average Bonchev–Trinajstić information content (AvgIpc) is 2.51. The van der Waals surface area contributed by atoms with Gasteiger partial charge in [-0.2, -0.15) is 0 Å². The minimum Gasteiger partial charge on any atom is -0.348 e. The van der Waals surface area contributed by atoms with E-state index in [1.54, 1.807) is 0 Å². The maximum Gasteiger partial charge on any atom is 0.243 e. The van der Waals surface area contributed by atoms with E-state index in [2.05, 4.69) is 17.2 Å². The van der Waals surface area contributed by atoms with Gasteiger partial charge in [0.1, 0.15) is 0 Å². The number of carbonyl (C=O) groups is 1. The first kappa shape index (κ1) is 9.26. The van der Waals surface area contributed by atoms with Crippen LogP contribution in [0.5, 0.6) is 0 Å². The van der Waals surface area contributed by atoms with Gasteiger partial charge in [-0.1, -0.05) is 6.58 Å². The van der Waals surface area contributed by atoms with Crippen molar-refractivity contribution in [3.8, 4) is 0 Å². The monoisotopic (exact) mass is 168 g/mol. The van der Waals surface area contributed by atoms with Gasteiger partial charge in [-0.3, -0.25) is 4.79 Å². The van der Waals surface area contributed by atoms with Crippen molar-refractivity contribution in [1.82, 2.24) is 10.6 Å². The fourth-order valence-electron chi connectivity index (χ4n) is 1.72. The van der Waals surface area contributed by atoms with Crippen LogP contribution in [0.2, 0.25) is 0 Å². The Bertz CT molecular complexity index is 179. The van der Waals surface area contributed by atoms with E-state index in [4.69, 9.17) is 0 Å². The molecule has 0 radical (unpaired) electrons. The van der Waals surface area contributed by atoms with E-state index in [-0.39, 0.29) is 5.91 Å². The molecule has 0 heterocycles. The lowest BCUT2D eigenvalue weighted by atomic mass is 10.2. The number of hydrogen-bond donors (Lipinski definition) is 2. The molecular weight excluding hydrogens is 152 g/mol. The summed E-state index contributed by atoms with van der Waals surface area (Å²) in [5.41, 5.74) is 0. The summed E-state index contributed by atoms with van der Waals surface area (Å²) in [4.78, 5) is 11.0. The maximum absolute atomic E-state index is 11.0. The number of hydrogen-bond acceptors (Lipinski definition) is 2. The molecule has 1 aliphatic carbocycles. The molecule has 2 atom stereocenters. The molecule has 0 aromatic carbocycles. The van der Waals surface area contributed by atoms with Crippen molar-refractivity contribution in [3.63, 3.8) is 0 Å². The van der Waals surface area contributed by atoms with Crippen molar-refractivity contribution in [2.75, 3.05) is 7.05 Å². The molecule has 2 N–H and O–H groups in total. The lowest BCUT2D eigenvalue weighted by Gasteiger charge is -2.19. The Balaban J connectivity index is 2.40. The van der Waals surface area contributed by atoms with Gasteiger partial charge in [-0.25, -0.2) is 0 Å². The molecule has 0 bridgehead atoms. The fourth-order valence-corrected chi connectivity index (χ4v) is 1.72. The molecule has 0 unspecified atom stereocenters. The van der Waals surface area contributed by atoms with Crippen LogP contribution in [-0.2, 0) is 4.79 Å². The van der Waals surface area contributed by atoms with Crippen molar-refractivity contribution >= 4 is 5.91 Å². The highest BCUT2D eigenvalue weighted by atomic mass is 16.1. The van der Waals surface area contributed by atoms with Crippen molar-refractivity contribution in [2.24, 2.45) is 0 Å². The molecule has 3 nitrogen and oxygen atoms in total. The van der Waals surface area contributed by atoms with Gasteiger partial charge in [0.05, 0.1) is 0 Å². The Morgan fingerprint density at radius 1 is 1.50 bits per heavy atom. The molecule has 0 saturated heterocycles. The molecule has 1 aliphatic rings. The van der Waals surface area contributed by atoms with Crippen LogP contribution in [0, 0.1) is 0 Å². The van der Waals surface area contributed by atoms with Crippen molar-refractivity contribution in [3.05, 3.63) is 12.7 Å². The second-order valence-electron chi connectivity index (χ2n) is 3.15. The van der Waals surface area contributed by atoms with E-state index in [1.807, 2.05) is 7.05 Å². The topological polar surface area (TPSA) is 41.1 Å². The highest BCUT2D eigenvalue weighted by molar-refractivity contribution is 5.87. The van der Waals surface area contributed by atoms with Gasteiger partial charge in [-0.05, 0) is 32.4 Å². The number of likely N-dealkylation sites (N-methyl/N-ethyl adjacent to an activating group) is 1. The van der Waals surface area contributed by atoms with Crippen LogP contribution in [0.4, 0.5) is 0 Å². The maximum atomic E-state index is 11.0. The van der Waals surface area contributed by atoms with Gasteiger partial charge in [0.25, 0.3) is 0 Å². The number of amides is 1. The Kier molecular flexibility index (Phi) is 3.29. The van der Waals surface area contributed by atoms with E-state index >= 15 is 0 Å². The quantitative estimate of drug-likeness (QED) is 0.600. The van der Waals surface area contributed by atoms with Gasteiger partial charge in [0.2, 0.25) is 5.91 Å². The molecule has 0 spiro atoms. The number of rotatable bonds is 3. The molecule has 68 valence electrons. The number of carbonyl (C=O) groups excluding carboxylic acids is 1. The van der Waals surface area contributed by atoms with Crippen LogP contribution >= 0.6 is 0 Å². The van der Waals surface area contributed by atoms with Gasteiger partial charge in [0.15, 0.2) is 0 Å².